The maximum Gasteiger partial charge on any atom is 0.244 e. The molecule has 0 aliphatic heterocycles. The average molecular weight is 538 g/mol. The van der Waals surface area contributed by atoms with Gasteiger partial charge in [0.25, 0.3) is 0 Å². The summed E-state index contributed by atoms with van der Waals surface area (Å²) in [7, 11) is -2.28. The standard InChI is InChI=1S/C26H36ClN3O5S/c1-7-19(4)28-26(32)24(8-2)29(16-20-10-9-11-22(14-20)35-5)25(31)17-30(36(6,33)34)21-13-12-18(3)23(27)15-21/h9-15,19,24H,7-8,16-17H2,1-6H3,(H,28,32)/t19-,24-/m1/s1. The molecule has 8 nitrogen and oxygen atoms in total. The molecule has 2 atom stereocenters. The summed E-state index contributed by atoms with van der Waals surface area (Å²) in [5.74, 6) is -0.178. The molecule has 0 spiro atoms. The summed E-state index contributed by atoms with van der Waals surface area (Å²) in [6.45, 7) is 7.11. The van der Waals surface area contributed by atoms with Gasteiger partial charge in [-0.1, -0.05) is 43.6 Å². The van der Waals surface area contributed by atoms with E-state index in [1.807, 2.05) is 26.8 Å². The number of nitrogens with zero attached hydrogens (tertiary/aromatic N) is 2. The number of hydrogen-bond acceptors (Lipinski definition) is 5. The van der Waals surface area contributed by atoms with Crippen molar-refractivity contribution in [1.29, 1.82) is 0 Å². The molecule has 0 bridgehead atoms. The van der Waals surface area contributed by atoms with Crippen LogP contribution in [0.4, 0.5) is 5.69 Å². The number of ether oxygens (including phenoxy) is 1. The third kappa shape index (κ3) is 7.86. The number of anilines is 1. The summed E-state index contributed by atoms with van der Waals surface area (Å²) in [5, 5.41) is 3.34. The van der Waals surface area contributed by atoms with E-state index in [1.165, 1.54) is 11.0 Å². The highest BCUT2D eigenvalue weighted by Crippen LogP contribution is 2.26. The summed E-state index contributed by atoms with van der Waals surface area (Å²) < 4.78 is 31.7. The number of amides is 2. The minimum atomic E-state index is -3.83. The summed E-state index contributed by atoms with van der Waals surface area (Å²) >= 11 is 6.24. The van der Waals surface area contributed by atoms with Gasteiger partial charge >= 0.3 is 0 Å². The SMILES string of the molecule is CC[C@@H](C)NC(=O)[C@@H](CC)N(Cc1cccc(OC)c1)C(=O)CN(c1ccc(C)c(Cl)c1)S(C)(=O)=O. The fourth-order valence-electron chi connectivity index (χ4n) is 3.68. The molecule has 2 aromatic carbocycles. The van der Waals surface area contributed by atoms with Gasteiger partial charge in [0.15, 0.2) is 0 Å². The zero-order valence-corrected chi connectivity index (χ0v) is 23.3. The van der Waals surface area contributed by atoms with Gasteiger partial charge in [-0.15, -0.1) is 0 Å². The summed E-state index contributed by atoms with van der Waals surface area (Å²) in [6, 6.07) is 11.2. The van der Waals surface area contributed by atoms with Crippen molar-refractivity contribution in [3.8, 4) is 5.75 Å². The molecule has 198 valence electrons. The molecule has 0 aromatic heterocycles. The van der Waals surface area contributed by atoms with Crippen LogP contribution in [-0.2, 0) is 26.2 Å². The molecule has 0 aliphatic rings. The van der Waals surface area contributed by atoms with Crippen LogP contribution in [0.15, 0.2) is 42.5 Å². The number of rotatable bonds is 12. The van der Waals surface area contributed by atoms with E-state index < -0.39 is 28.5 Å². The van der Waals surface area contributed by atoms with Gasteiger partial charge in [-0.2, -0.15) is 0 Å². The van der Waals surface area contributed by atoms with E-state index in [4.69, 9.17) is 16.3 Å². The fraction of sp³-hybridized carbons (Fsp3) is 0.462. The second-order valence-corrected chi connectivity index (χ2v) is 11.1. The maximum absolute atomic E-state index is 13.7. The summed E-state index contributed by atoms with van der Waals surface area (Å²) in [5.41, 5.74) is 1.81. The molecule has 0 saturated heterocycles. The van der Waals surface area contributed by atoms with Crippen LogP contribution in [0.1, 0.15) is 44.7 Å². The summed E-state index contributed by atoms with van der Waals surface area (Å²) in [6.07, 6.45) is 2.13. The van der Waals surface area contributed by atoms with Crippen LogP contribution in [0.3, 0.4) is 0 Å². The van der Waals surface area contributed by atoms with Crippen LogP contribution in [0.5, 0.6) is 5.75 Å². The molecule has 36 heavy (non-hydrogen) atoms. The molecular weight excluding hydrogens is 502 g/mol. The van der Waals surface area contributed by atoms with E-state index in [1.54, 1.807) is 44.4 Å². The number of aryl methyl sites for hydroxylation is 1. The Morgan fingerprint density at radius 3 is 2.36 bits per heavy atom. The Labute approximate surface area is 219 Å². The van der Waals surface area contributed by atoms with E-state index in [9.17, 15) is 18.0 Å². The highest BCUT2D eigenvalue weighted by Gasteiger charge is 2.32. The molecule has 0 aliphatic carbocycles. The van der Waals surface area contributed by atoms with E-state index >= 15 is 0 Å². The van der Waals surface area contributed by atoms with E-state index in [0.29, 0.717) is 17.2 Å². The normalized spacial score (nSPS) is 13.0. The van der Waals surface area contributed by atoms with Gasteiger partial charge in [0.05, 0.1) is 19.1 Å². The molecule has 0 fully saturated rings. The van der Waals surface area contributed by atoms with E-state index in [-0.39, 0.29) is 24.2 Å². The minimum Gasteiger partial charge on any atom is -0.497 e. The first-order valence-corrected chi connectivity index (χ1v) is 14.1. The van der Waals surface area contributed by atoms with Crippen LogP contribution in [0.25, 0.3) is 0 Å². The highest BCUT2D eigenvalue weighted by atomic mass is 35.5. The average Bonchev–Trinajstić information content (AvgIpc) is 2.83. The van der Waals surface area contributed by atoms with Crippen molar-refractivity contribution in [1.82, 2.24) is 10.2 Å². The molecule has 10 heteroatoms. The highest BCUT2D eigenvalue weighted by molar-refractivity contribution is 7.92. The number of carbonyl (C=O) groups excluding carboxylic acids is 2. The molecule has 2 amide bonds. The molecule has 0 heterocycles. The Morgan fingerprint density at radius 1 is 1.11 bits per heavy atom. The first kappa shape index (κ1) is 29.5. The number of sulfonamides is 1. The van der Waals surface area contributed by atoms with E-state index in [2.05, 4.69) is 5.32 Å². The third-order valence-electron chi connectivity index (χ3n) is 6.00. The molecule has 2 aromatic rings. The molecule has 0 radical (unpaired) electrons. The lowest BCUT2D eigenvalue weighted by atomic mass is 10.1. The largest absolute Gasteiger partial charge is 0.497 e. The van der Waals surface area contributed by atoms with Crippen molar-refractivity contribution in [2.24, 2.45) is 0 Å². The molecular formula is C26H36ClN3O5S. The maximum atomic E-state index is 13.7. The van der Waals surface area contributed by atoms with Crippen molar-refractivity contribution in [3.05, 3.63) is 58.6 Å². The Morgan fingerprint density at radius 2 is 1.81 bits per heavy atom. The van der Waals surface area contributed by atoms with Gasteiger partial charge in [-0.3, -0.25) is 13.9 Å². The predicted octanol–water partition coefficient (Wildman–Crippen LogP) is 4.15. The van der Waals surface area contributed by atoms with Crippen LogP contribution in [-0.4, -0.2) is 57.1 Å². The molecule has 0 saturated carbocycles. The quantitative estimate of drug-likeness (QED) is 0.439. The number of benzene rings is 2. The third-order valence-corrected chi connectivity index (χ3v) is 7.54. The van der Waals surface area contributed by atoms with Crippen LogP contribution in [0.2, 0.25) is 5.02 Å². The number of hydrogen-bond donors (Lipinski definition) is 1. The lowest BCUT2D eigenvalue weighted by Crippen LogP contribution is -2.53. The van der Waals surface area contributed by atoms with Gasteiger partial charge < -0.3 is 15.0 Å². The van der Waals surface area contributed by atoms with Gasteiger partial charge in [0.1, 0.15) is 18.3 Å². The lowest BCUT2D eigenvalue weighted by Gasteiger charge is -2.33. The Balaban J connectivity index is 2.47. The van der Waals surface area contributed by atoms with Gasteiger partial charge in [-0.25, -0.2) is 8.42 Å². The molecule has 2 rings (SSSR count). The van der Waals surface area contributed by atoms with Crippen molar-refractivity contribution in [2.75, 3.05) is 24.2 Å². The number of carbonyl (C=O) groups is 2. The van der Waals surface area contributed by atoms with Crippen molar-refractivity contribution >= 4 is 39.1 Å². The zero-order valence-electron chi connectivity index (χ0n) is 21.7. The lowest BCUT2D eigenvalue weighted by molar-refractivity contribution is -0.140. The number of methoxy groups -OCH3 is 1. The Hall–Kier alpha value is -2.78. The van der Waals surface area contributed by atoms with Crippen LogP contribution >= 0.6 is 11.6 Å². The summed E-state index contributed by atoms with van der Waals surface area (Å²) in [4.78, 5) is 28.3. The van der Waals surface area contributed by atoms with E-state index in [0.717, 1.165) is 28.1 Å². The van der Waals surface area contributed by atoms with Crippen molar-refractivity contribution in [3.63, 3.8) is 0 Å². The minimum absolute atomic E-state index is 0.0671. The monoisotopic (exact) mass is 537 g/mol. The first-order chi connectivity index (χ1) is 16.9. The van der Waals surface area contributed by atoms with Gasteiger partial charge in [0.2, 0.25) is 21.8 Å². The Kier molecular flexibility index (Phi) is 10.6. The number of halogens is 1. The van der Waals surface area contributed by atoms with Crippen LogP contribution < -0.4 is 14.4 Å². The van der Waals surface area contributed by atoms with Gasteiger partial charge in [0, 0.05) is 17.6 Å². The molecule has 1 N–H and O–H groups in total. The van der Waals surface area contributed by atoms with Crippen LogP contribution in [0, 0.1) is 6.92 Å². The smallest absolute Gasteiger partial charge is 0.244 e. The topological polar surface area (TPSA) is 96.0 Å². The molecule has 0 unspecified atom stereocenters. The van der Waals surface area contributed by atoms with Crippen molar-refractivity contribution in [2.45, 2.75) is 59.2 Å². The predicted molar refractivity (Wildman–Crippen MR) is 144 cm³/mol. The van der Waals surface area contributed by atoms with Gasteiger partial charge in [-0.05, 0) is 62.1 Å². The second kappa shape index (κ2) is 13.0. The Bertz CT molecular complexity index is 1170. The number of nitrogens with one attached hydrogen (secondary N) is 1. The zero-order chi connectivity index (χ0) is 27.0. The first-order valence-electron chi connectivity index (χ1n) is 11.9. The second-order valence-electron chi connectivity index (χ2n) is 8.82. The van der Waals surface area contributed by atoms with Crippen molar-refractivity contribution < 1.29 is 22.7 Å². The fourth-order valence-corrected chi connectivity index (χ4v) is 4.69.